The lowest BCUT2D eigenvalue weighted by atomic mass is 9.82. The molecule has 1 saturated heterocycles. The first kappa shape index (κ1) is 22.5. The molecule has 0 saturated carbocycles. The summed E-state index contributed by atoms with van der Waals surface area (Å²) in [5.41, 5.74) is 6.84. The Balaban J connectivity index is 1.31. The summed E-state index contributed by atoms with van der Waals surface area (Å²) in [5.74, 6) is 1.27. The van der Waals surface area contributed by atoms with Crippen LogP contribution in [0.1, 0.15) is 80.1 Å². The van der Waals surface area contributed by atoms with Crippen LogP contribution in [-0.2, 0) is 11.2 Å². The van der Waals surface area contributed by atoms with E-state index < -0.39 is 0 Å². The van der Waals surface area contributed by atoms with Gasteiger partial charge in [0, 0.05) is 25.2 Å². The number of hydrogen-bond donors (Lipinski definition) is 0. The summed E-state index contributed by atoms with van der Waals surface area (Å²) in [7, 11) is 0. The average molecular weight is 469 g/mol. The molecule has 2 aromatic rings. The predicted octanol–water partition coefficient (Wildman–Crippen LogP) is 6.68. The van der Waals surface area contributed by atoms with E-state index in [4.69, 9.17) is 4.74 Å². The van der Waals surface area contributed by atoms with Crippen LogP contribution in [-0.4, -0.2) is 30.5 Å². The number of nitrogens with zero attached hydrogens (tertiary/aromatic N) is 2. The Bertz CT molecular complexity index is 1150. The number of benzene rings is 2. The van der Waals surface area contributed by atoms with Crippen LogP contribution < -0.4 is 9.64 Å². The fraction of sp³-hybridized carbons (Fsp3) is 0.452. The van der Waals surface area contributed by atoms with Gasteiger partial charge in [0.1, 0.15) is 12.4 Å². The Morgan fingerprint density at radius 2 is 1.80 bits per heavy atom. The molecular formula is C31H36N2O2. The standard InChI is InChI=1S/C31H36N2O2/c34-30-17-5-6-18-32(30)29-21-28(33-19-9-14-24-12-8-16-27(29)31(24)33)25-13-7-15-26(20-25)35-22-23-10-3-1-2-4-11-23/h1,3,7-8,10,12-13,15-16,20,28-29H,2,4-6,9,11,14,17-19,21-22H2. The highest BCUT2D eigenvalue weighted by molar-refractivity contribution is 5.78. The largest absolute Gasteiger partial charge is 0.489 e. The van der Waals surface area contributed by atoms with E-state index in [1.807, 2.05) is 0 Å². The van der Waals surface area contributed by atoms with Gasteiger partial charge in [-0.15, -0.1) is 0 Å². The number of likely N-dealkylation sites (tertiary alicyclic amines) is 1. The predicted molar refractivity (Wildman–Crippen MR) is 141 cm³/mol. The maximum atomic E-state index is 13.0. The third-order valence-corrected chi connectivity index (χ3v) is 8.20. The van der Waals surface area contributed by atoms with E-state index in [1.54, 1.807) is 0 Å². The van der Waals surface area contributed by atoms with Crippen LogP contribution in [0.5, 0.6) is 5.75 Å². The molecule has 1 aliphatic carbocycles. The fourth-order valence-corrected chi connectivity index (χ4v) is 6.47. The molecule has 182 valence electrons. The Labute approximate surface area is 209 Å². The van der Waals surface area contributed by atoms with Crippen molar-refractivity contribution in [1.29, 1.82) is 0 Å². The summed E-state index contributed by atoms with van der Waals surface area (Å²) in [5, 5.41) is 0. The number of piperidine rings is 1. The number of amides is 1. The normalized spacial score (nSPS) is 24.0. The molecule has 0 spiro atoms. The van der Waals surface area contributed by atoms with Crippen LogP contribution in [0.25, 0.3) is 0 Å². The highest BCUT2D eigenvalue weighted by atomic mass is 16.5. The Kier molecular flexibility index (Phi) is 6.37. The molecular weight excluding hydrogens is 432 g/mol. The van der Waals surface area contributed by atoms with Crippen molar-refractivity contribution < 1.29 is 9.53 Å². The van der Waals surface area contributed by atoms with Crippen molar-refractivity contribution in [2.24, 2.45) is 0 Å². The van der Waals surface area contributed by atoms with Gasteiger partial charge in [-0.2, -0.15) is 0 Å². The number of aryl methyl sites for hydroxylation is 1. The van der Waals surface area contributed by atoms with Gasteiger partial charge in [-0.1, -0.05) is 48.6 Å². The van der Waals surface area contributed by atoms with Crippen molar-refractivity contribution in [3.8, 4) is 5.75 Å². The van der Waals surface area contributed by atoms with E-state index >= 15 is 0 Å². The molecule has 3 heterocycles. The van der Waals surface area contributed by atoms with Gasteiger partial charge >= 0.3 is 0 Å². The molecule has 4 nitrogen and oxygen atoms in total. The molecule has 0 N–H and O–H groups in total. The first-order valence-corrected chi connectivity index (χ1v) is 13.5. The monoisotopic (exact) mass is 468 g/mol. The maximum Gasteiger partial charge on any atom is 0.223 e. The lowest BCUT2D eigenvalue weighted by Crippen LogP contribution is -2.45. The van der Waals surface area contributed by atoms with Gasteiger partial charge in [0.05, 0.1) is 12.1 Å². The smallest absolute Gasteiger partial charge is 0.223 e. The molecule has 4 aliphatic rings. The van der Waals surface area contributed by atoms with Gasteiger partial charge in [-0.3, -0.25) is 4.79 Å². The van der Waals surface area contributed by atoms with Gasteiger partial charge in [-0.25, -0.2) is 0 Å². The fourth-order valence-electron chi connectivity index (χ4n) is 6.47. The highest BCUT2D eigenvalue weighted by Crippen LogP contribution is 2.50. The zero-order valence-corrected chi connectivity index (χ0v) is 20.6. The number of anilines is 1. The number of carbonyl (C=O) groups excluding carboxylic acids is 1. The molecule has 2 unspecified atom stereocenters. The van der Waals surface area contributed by atoms with E-state index in [0.717, 1.165) is 57.4 Å². The molecule has 0 aromatic heterocycles. The molecule has 6 rings (SSSR count). The summed E-state index contributed by atoms with van der Waals surface area (Å²) in [4.78, 5) is 17.8. The quantitative estimate of drug-likeness (QED) is 0.490. The molecule has 0 radical (unpaired) electrons. The van der Waals surface area contributed by atoms with Gasteiger partial charge in [0.15, 0.2) is 0 Å². The lowest BCUT2D eigenvalue weighted by molar-refractivity contribution is -0.136. The molecule has 2 aromatic carbocycles. The number of allylic oxidation sites excluding steroid dienone is 3. The molecule has 1 fully saturated rings. The highest BCUT2D eigenvalue weighted by Gasteiger charge is 2.40. The van der Waals surface area contributed by atoms with Gasteiger partial charge in [0.2, 0.25) is 5.91 Å². The van der Waals surface area contributed by atoms with Crippen LogP contribution in [0, 0.1) is 0 Å². The van der Waals surface area contributed by atoms with E-state index in [9.17, 15) is 4.79 Å². The molecule has 35 heavy (non-hydrogen) atoms. The minimum atomic E-state index is 0.157. The first-order chi connectivity index (χ1) is 17.3. The molecule has 3 aliphatic heterocycles. The van der Waals surface area contributed by atoms with Crippen molar-refractivity contribution in [2.75, 3.05) is 24.6 Å². The maximum absolute atomic E-state index is 13.0. The van der Waals surface area contributed by atoms with Crippen LogP contribution in [0.2, 0.25) is 0 Å². The second-order valence-corrected chi connectivity index (χ2v) is 10.5. The second-order valence-electron chi connectivity index (χ2n) is 10.5. The van der Waals surface area contributed by atoms with Crippen molar-refractivity contribution in [1.82, 2.24) is 4.90 Å². The van der Waals surface area contributed by atoms with Gasteiger partial charge < -0.3 is 14.5 Å². The zero-order valence-electron chi connectivity index (χ0n) is 20.6. The Morgan fingerprint density at radius 1 is 0.886 bits per heavy atom. The molecule has 2 atom stereocenters. The number of ether oxygens (including phenoxy) is 1. The zero-order chi connectivity index (χ0) is 23.6. The summed E-state index contributed by atoms with van der Waals surface area (Å²) in [6.07, 6.45) is 16.1. The second kappa shape index (κ2) is 9.93. The van der Waals surface area contributed by atoms with Crippen molar-refractivity contribution in [3.63, 3.8) is 0 Å². The van der Waals surface area contributed by atoms with Gasteiger partial charge in [-0.05, 0) is 85.8 Å². The minimum absolute atomic E-state index is 0.157. The van der Waals surface area contributed by atoms with Crippen LogP contribution >= 0.6 is 0 Å². The summed E-state index contributed by atoms with van der Waals surface area (Å²) in [6, 6.07) is 15.9. The third-order valence-electron chi connectivity index (χ3n) is 8.20. The first-order valence-electron chi connectivity index (χ1n) is 13.5. The SMILES string of the molecule is O=C1CCCCN1C1CC(c2cccc(OCC3=CC=CCCC3)c2)N2CCCc3cccc1c32. The van der Waals surface area contributed by atoms with Crippen LogP contribution in [0.15, 0.2) is 66.3 Å². The van der Waals surface area contributed by atoms with E-state index in [2.05, 4.69) is 70.5 Å². The molecule has 4 heteroatoms. The number of rotatable bonds is 5. The topological polar surface area (TPSA) is 32.8 Å². The summed E-state index contributed by atoms with van der Waals surface area (Å²) in [6.45, 7) is 2.60. The Hall–Kier alpha value is -3.01. The number of para-hydroxylation sites is 1. The van der Waals surface area contributed by atoms with E-state index in [-0.39, 0.29) is 12.1 Å². The summed E-state index contributed by atoms with van der Waals surface area (Å²) < 4.78 is 6.28. The third kappa shape index (κ3) is 4.51. The number of hydrogen-bond acceptors (Lipinski definition) is 3. The van der Waals surface area contributed by atoms with Crippen LogP contribution in [0.4, 0.5) is 5.69 Å². The Morgan fingerprint density at radius 3 is 2.74 bits per heavy atom. The summed E-state index contributed by atoms with van der Waals surface area (Å²) >= 11 is 0. The molecule has 0 bridgehead atoms. The lowest BCUT2D eigenvalue weighted by Gasteiger charge is -2.49. The van der Waals surface area contributed by atoms with E-state index in [0.29, 0.717) is 18.9 Å². The van der Waals surface area contributed by atoms with Crippen molar-refractivity contribution >= 4 is 11.6 Å². The number of carbonyl (C=O) groups is 1. The van der Waals surface area contributed by atoms with E-state index in [1.165, 1.54) is 40.8 Å². The van der Waals surface area contributed by atoms with Crippen molar-refractivity contribution in [3.05, 3.63) is 83.0 Å². The van der Waals surface area contributed by atoms with Crippen LogP contribution in [0.3, 0.4) is 0 Å². The average Bonchev–Trinajstić information content (AvgIpc) is 3.18. The van der Waals surface area contributed by atoms with Gasteiger partial charge in [0.25, 0.3) is 0 Å². The minimum Gasteiger partial charge on any atom is -0.489 e. The van der Waals surface area contributed by atoms with Crippen molar-refractivity contribution in [2.45, 2.75) is 69.9 Å². The molecule has 1 amide bonds.